The standard InChI is InChI=1S/C17H22N2S2/c1-2-7-18-17(16-12-20-8-9-21-16)14-10-13-5-3-4-6-15(13)19-11-14/h3-6,10-11,16-18H,2,7-9,12H2,1H3. The van der Waals surface area contributed by atoms with Crippen molar-refractivity contribution in [2.45, 2.75) is 24.6 Å². The largest absolute Gasteiger partial charge is 0.309 e. The monoisotopic (exact) mass is 318 g/mol. The predicted octanol–water partition coefficient (Wildman–Crippen LogP) is 4.12. The summed E-state index contributed by atoms with van der Waals surface area (Å²) in [4.78, 5) is 4.65. The molecule has 2 heterocycles. The normalized spacial score (nSPS) is 20.5. The first kappa shape index (κ1) is 15.2. The summed E-state index contributed by atoms with van der Waals surface area (Å²) in [6.07, 6.45) is 3.23. The van der Waals surface area contributed by atoms with Crippen LogP contribution in [0.25, 0.3) is 10.9 Å². The number of nitrogens with one attached hydrogen (secondary N) is 1. The van der Waals surface area contributed by atoms with Gasteiger partial charge >= 0.3 is 0 Å². The molecule has 1 saturated heterocycles. The highest BCUT2D eigenvalue weighted by molar-refractivity contribution is 8.06. The average molecular weight is 319 g/mol. The Morgan fingerprint density at radius 3 is 3.05 bits per heavy atom. The van der Waals surface area contributed by atoms with E-state index in [1.165, 1.54) is 34.6 Å². The average Bonchev–Trinajstić information content (AvgIpc) is 2.56. The molecule has 1 aromatic carbocycles. The summed E-state index contributed by atoms with van der Waals surface area (Å²) < 4.78 is 0. The molecule has 1 N–H and O–H groups in total. The van der Waals surface area contributed by atoms with E-state index in [1.54, 1.807) is 0 Å². The number of benzene rings is 1. The Morgan fingerprint density at radius 1 is 1.33 bits per heavy atom. The molecule has 2 aromatic rings. The van der Waals surface area contributed by atoms with Crippen molar-refractivity contribution in [3.05, 3.63) is 42.1 Å². The lowest BCUT2D eigenvalue weighted by Crippen LogP contribution is -2.34. The lowest BCUT2D eigenvalue weighted by atomic mass is 10.0. The molecule has 0 spiro atoms. The zero-order valence-corrected chi connectivity index (χ0v) is 14.1. The molecule has 4 heteroatoms. The van der Waals surface area contributed by atoms with Gasteiger partial charge in [0.2, 0.25) is 0 Å². The van der Waals surface area contributed by atoms with Crippen molar-refractivity contribution in [3.63, 3.8) is 0 Å². The Bertz CT molecular complexity index is 582. The number of pyridine rings is 1. The zero-order valence-electron chi connectivity index (χ0n) is 12.4. The Morgan fingerprint density at radius 2 is 2.24 bits per heavy atom. The van der Waals surface area contributed by atoms with Crippen molar-refractivity contribution >= 4 is 34.4 Å². The molecule has 2 nitrogen and oxygen atoms in total. The van der Waals surface area contributed by atoms with E-state index in [9.17, 15) is 0 Å². The molecule has 0 radical (unpaired) electrons. The molecule has 0 aliphatic carbocycles. The molecule has 21 heavy (non-hydrogen) atoms. The SMILES string of the molecule is CCCNC(c1cnc2ccccc2c1)C1CSCCS1. The van der Waals surface area contributed by atoms with Gasteiger partial charge in [-0.15, -0.1) is 0 Å². The van der Waals surface area contributed by atoms with Gasteiger partial charge in [0.05, 0.1) is 5.52 Å². The third-order valence-electron chi connectivity index (χ3n) is 3.80. The molecule has 0 bridgehead atoms. The fourth-order valence-corrected chi connectivity index (χ4v) is 5.59. The van der Waals surface area contributed by atoms with Crippen LogP contribution in [-0.4, -0.2) is 34.0 Å². The van der Waals surface area contributed by atoms with E-state index in [4.69, 9.17) is 0 Å². The number of hydrogen-bond acceptors (Lipinski definition) is 4. The van der Waals surface area contributed by atoms with E-state index in [2.05, 4.69) is 77.3 Å². The number of para-hydroxylation sites is 1. The summed E-state index contributed by atoms with van der Waals surface area (Å²) in [5, 5.41) is 5.64. The van der Waals surface area contributed by atoms with Crippen molar-refractivity contribution in [3.8, 4) is 0 Å². The maximum Gasteiger partial charge on any atom is 0.0702 e. The number of aromatic nitrogens is 1. The highest BCUT2D eigenvalue weighted by Crippen LogP contribution is 2.34. The van der Waals surface area contributed by atoms with Crippen LogP contribution in [0.3, 0.4) is 0 Å². The molecule has 2 atom stereocenters. The molecule has 0 saturated carbocycles. The Labute approximate surface area is 135 Å². The van der Waals surface area contributed by atoms with Crippen LogP contribution in [0.15, 0.2) is 36.5 Å². The Kier molecular flexibility index (Phi) is 5.44. The van der Waals surface area contributed by atoms with E-state index in [1.807, 2.05) is 0 Å². The lowest BCUT2D eigenvalue weighted by molar-refractivity contribution is 0.529. The van der Waals surface area contributed by atoms with Crippen LogP contribution in [0.4, 0.5) is 0 Å². The second-order valence-corrected chi connectivity index (χ2v) is 7.87. The first-order chi connectivity index (χ1) is 10.4. The molecular formula is C17H22N2S2. The van der Waals surface area contributed by atoms with Crippen LogP contribution in [-0.2, 0) is 0 Å². The highest BCUT2D eigenvalue weighted by Gasteiger charge is 2.25. The second kappa shape index (κ2) is 7.52. The first-order valence-corrected chi connectivity index (χ1v) is 9.86. The number of thioether (sulfide) groups is 2. The minimum atomic E-state index is 0.417. The number of nitrogens with zero attached hydrogens (tertiary/aromatic N) is 1. The van der Waals surface area contributed by atoms with E-state index in [0.29, 0.717) is 11.3 Å². The molecular weight excluding hydrogens is 296 g/mol. The van der Waals surface area contributed by atoms with Crippen LogP contribution in [0.1, 0.15) is 24.9 Å². The van der Waals surface area contributed by atoms with Crippen LogP contribution in [0.5, 0.6) is 0 Å². The third-order valence-corrected chi connectivity index (χ3v) is 6.66. The maximum absolute atomic E-state index is 4.65. The molecule has 0 amide bonds. The van der Waals surface area contributed by atoms with Crippen LogP contribution < -0.4 is 5.32 Å². The van der Waals surface area contributed by atoms with Gasteiger partial charge in [-0.3, -0.25) is 4.98 Å². The molecule has 1 aliphatic rings. The minimum absolute atomic E-state index is 0.417. The van der Waals surface area contributed by atoms with Crippen LogP contribution in [0.2, 0.25) is 0 Å². The molecule has 1 fully saturated rings. The van der Waals surface area contributed by atoms with Gasteiger partial charge in [-0.25, -0.2) is 0 Å². The molecule has 1 aliphatic heterocycles. The lowest BCUT2D eigenvalue weighted by Gasteiger charge is -2.30. The first-order valence-electron chi connectivity index (χ1n) is 7.66. The van der Waals surface area contributed by atoms with Crippen molar-refractivity contribution in [1.29, 1.82) is 0 Å². The minimum Gasteiger partial charge on any atom is -0.309 e. The van der Waals surface area contributed by atoms with Gasteiger partial charge in [-0.2, -0.15) is 23.5 Å². The summed E-state index contributed by atoms with van der Waals surface area (Å²) in [6.45, 7) is 3.30. The predicted molar refractivity (Wildman–Crippen MR) is 96.3 cm³/mol. The quantitative estimate of drug-likeness (QED) is 0.896. The summed E-state index contributed by atoms with van der Waals surface area (Å²) in [5.41, 5.74) is 2.42. The summed E-state index contributed by atoms with van der Waals surface area (Å²) in [5.74, 6) is 3.79. The van der Waals surface area contributed by atoms with Crippen molar-refractivity contribution in [1.82, 2.24) is 10.3 Å². The Hall–Kier alpha value is -0.710. The Balaban J connectivity index is 1.88. The van der Waals surface area contributed by atoms with Crippen molar-refractivity contribution in [2.24, 2.45) is 0 Å². The van der Waals surface area contributed by atoms with Gasteiger partial charge in [-0.05, 0) is 30.7 Å². The fourth-order valence-electron chi connectivity index (χ4n) is 2.72. The smallest absolute Gasteiger partial charge is 0.0702 e. The van der Waals surface area contributed by atoms with Crippen LogP contribution >= 0.6 is 23.5 Å². The molecule has 2 unspecified atom stereocenters. The summed E-state index contributed by atoms with van der Waals surface area (Å²) in [6, 6.07) is 11.1. The van der Waals surface area contributed by atoms with Gasteiger partial charge < -0.3 is 5.32 Å². The van der Waals surface area contributed by atoms with Gasteiger partial charge in [0.1, 0.15) is 0 Å². The van der Waals surface area contributed by atoms with E-state index < -0.39 is 0 Å². The van der Waals surface area contributed by atoms with Gasteiger partial charge in [0.15, 0.2) is 0 Å². The molecule has 3 rings (SSSR count). The summed E-state index contributed by atoms with van der Waals surface area (Å²) in [7, 11) is 0. The van der Waals surface area contributed by atoms with E-state index >= 15 is 0 Å². The van der Waals surface area contributed by atoms with E-state index in [-0.39, 0.29) is 0 Å². The number of rotatable bonds is 5. The highest BCUT2D eigenvalue weighted by atomic mass is 32.2. The van der Waals surface area contributed by atoms with Gasteiger partial charge in [0, 0.05) is 40.1 Å². The van der Waals surface area contributed by atoms with Crippen molar-refractivity contribution < 1.29 is 0 Å². The number of fused-ring (bicyclic) bond motifs is 1. The fraction of sp³-hybridized carbons (Fsp3) is 0.471. The molecule has 112 valence electrons. The number of hydrogen-bond donors (Lipinski definition) is 1. The van der Waals surface area contributed by atoms with Crippen LogP contribution in [0, 0.1) is 0 Å². The second-order valence-electron chi connectivity index (χ2n) is 5.38. The van der Waals surface area contributed by atoms with Gasteiger partial charge in [0.25, 0.3) is 0 Å². The van der Waals surface area contributed by atoms with Gasteiger partial charge in [-0.1, -0.05) is 25.1 Å². The van der Waals surface area contributed by atoms with Crippen molar-refractivity contribution in [2.75, 3.05) is 23.8 Å². The summed E-state index contributed by atoms with van der Waals surface area (Å²) >= 11 is 4.19. The maximum atomic E-state index is 4.65. The van der Waals surface area contributed by atoms with E-state index in [0.717, 1.165) is 12.1 Å². The third kappa shape index (κ3) is 3.74. The zero-order chi connectivity index (χ0) is 14.5. The molecule has 1 aromatic heterocycles. The topological polar surface area (TPSA) is 24.9 Å².